The molecular weight excluding hydrogens is 2270 g/mol. The first-order valence-corrected chi connectivity index (χ1v) is 37.5. The second-order valence-electron chi connectivity index (χ2n) is 28.9. The van der Waals surface area contributed by atoms with E-state index in [1.807, 2.05) is 104 Å². The SMILES string of the molecule is CCCCc1ccc2c(c1)c1ccc[c-]c1c1nccn21.Cc1cc(C)c2c(c1)c1ccc[c-]c1c1nccn12.Cc1cc2c3ccc[c-]c3c3nccn3c2cc1C.Cc1cccc(C)c1-c1ccc2c(c1)c1ccc[c-]c1c1nccn21.[Ir].[Ir].[Ir].[Ir].[Ir].[c-]1cccc2c1c1nccn1c1ccc(C3CCCCC3)cc21. The van der Waals surface area contributed by atoms with Gasteiger partial charge < -0.3 is 22.0 Å². The minimum absolute atomic E-state index is 0. The fraction of sp³-hybridized carbons (Fsp3) is 0.165. The topological polar surface area (TPSA) is 86.5 Å². The Morgan fingerprint density at radius 3 is 1.22 bits per heavy atom. The summed E-state index contributed by atoms with van der Waals surface area (Å²) >= 11 is 0. The van der Waals surface area contributed by atoms with Crippen LogP contribution < -0.4 is 0 Å². The van der Waals surface area contributed by atoms with E-state index in [1.54, 1.807) is 0 Å². The van der Waals surface area contributed by atoms with E-state index in [-0.39, 0.29) is 101 Å². The summed E-state index contributed by atoms with van der Waals surface area (Å²) in [6.07, 6.45) is 29.9. The van der Waals surface area contributed by atoms with Crippen LogP contribution in [0.2, 0.25) is 0 Å². The number of aromatic nitrogens is 10. The average molecular weight is 2350 g/mol. The maximum Gasteiger partial charge on any atom is 0.0608 e. The summed E-state index contributed by atoms with van der Waals surface area (Å²) in [6.45, 7) is 15.2. The third-order valence-electron chi connectivity index (χ3n) is 22.1. The van der Waals surface area contributed by atoms with E-state index in [4.69, 9.17) is 0 Å². The van der Waals surface area contributed by atoms with Gasteiger partial charge in [-0.2, -0.15) is 0 Å². The number of unbranched alkanes of at least 4 members (excludes halogenated alkanes) is 1. The van der Waals surface area contributed by atoms with Crippen molar-refractivity contribution in [3.8, 4) is 11.1 Å². The van der Waals surface area contributed by atoms with Gasteiger partial charge in [0.15, 0.2) is 0 Å². The number of fused-ring (bicyclic) bond motifs is 30. The Hall–Kier alpha value is -9.28. The summed E-state index contributed by atoms with van der Waals surface area (Å²) in [4.78, 5) is 22.6. The van der Waals surface area contributed by atoms with Gasteiger partial charge in [0.2, 0.25) is 0 Å². The number of pyridine rings is 5. The number of rotatable bonds is 5. The molecule has 0 saturated heterocycles. The Bertz CT molecular complexity index is 7020. The molecule has 0 bridgehead atoms. The Kier molecular flexibility index (Phi) is 24.9. The average Bonchev–Trinajstić information content (AvgIpc) is 1.45. The molecule has 567 valence electrons. The Balaban J connectivity index is 0.000000122. The van der Waals surface area contributed by atoms with Crippen molar-refractivity contribution < 1.29 is 101 Å². The van der Waals surface area contributed by atoms with Gasteiger partial charge in [-0.3, -0.25) is 24.9 Å². The van der Waals surface area contributed by atoms with E-state index in [1.165, 1.54) is 182 Å². The first-order valence-electron chi connectivity index (χ1n) is 37.5. The molecule has 0 amide bonds. The molecule has 11 aromatic carbocycles. The molecule has 5 radical (unpaired) electrons. The Labute approximate surface area is 718 Å². The molecule has 21 aromatic rings. The van der Waals surface area contributed by atoms with Crippen molar-refractivity contribution in [2.45, 2.75) is 106 Å². The van der Waals surface area contributed by atoms with Crippen molar-refractivity contribution in [2.24, 2.45) is 0 Å². The van der Waals surface area contributed by atoms with Crippen molar-refractivity contribution in [1.29, 1.82) is 0 Å². The number of hydrogen-bond donors (Lipinski definition) is 0. The summed E-state index contributed by atoms with van der Waals surface area (Å²) in [5.74, 6) is 0.731. The fourth-order valence-corrected chi connectivity index (χ4v) is 16.9. The van der Waals surface area contributed by atoms with Crippen molar-refractivity contribution in [3.05, 3.63) is 325 Å². The van der Waals surface area contributed by atoms with Crippen molar-refractivity contribution in [1.82, 2.24) is 46.9 Å². The van der Waals surface area contributed by atoms with E-state index >= 15 is 0 Å². The Morgan fingerprint density at radius 1 is 0.339 bits per heavy atom. The molecule has 1 saturated carbocycles. The van der Waals surface area contributed by atoms with Crippen LogP contribution in [0.5, 0.6) is 0 Å². The zero-order valence-corrected chi connectivity index (χ0v) is 75.0. The number of aryl methyl sites for hydroxylation is 7. The van der Waals surface area contributed by atoms with E-state index < -0.39 is 0 Å². The molecule has 1 aliphatic rings. The van der Waals surface area contributed by atoms with Crippen LogP contribution >= 0.6 is 0 Å². The molecular formula is C97H79Ir5N10-5. The molecule has 10 aromatic heterocycles. The van der Waals surface area contributed by atoms with Gasteiger partial charge in [-0.1, -0.05) is 138 Å². The first kappa shape index (κ1) is 80.8. The number of nitrogens with zero attached hydrogens (tertiary/aromatic N) is 10. The third-order valence-corrected chi connectivity index (χ3v) is 22.1. The van der Waals surface area contributed by atoms with E-state index in [0.29, 0.717) is 0 Å². The monoisotopic (exact) mass is 2350 g/mol. The van der Waals surface area contributed by atoms with Gasteiger partial charge in [0, 0.05) is 190 Å². The molecule has 112 heavy (non-hydrogen) atoms. The molecule has 0 N–H and O–H groups in total. The zero-order valence-electron chi connectivity index (χ0n) is 63.0. The first-order chi connectivity index (χ1) is 52.5. The third kappa shape index (κ3) is 14.7. The maximum atomic E-state index is 4.54. The quantitative estimate of drug-likeness (QED) is 0.127. The molecule has 0 spiro atoms. The predicted molar refractivity (Wildman–Crippen MR) is 443 cm³/mol. The normalized spacial score (nSPS) is 12.1. The summed E-state index contributed by atoms with van der Waals surface area (Å²) in [5, 5.41) is 18.0. The van der Waals surface area contributed by atoms with Crippen LogP contribution in [0.4, 0.5) is 0 Å². The second kappa shape index (κ2) is 34.6. The molecule has 10 heterocycles. The molecule has 10 nitrogen and oxygen atoms in total. The van der Waals surface area contributed by atoms with Crippen LogP contribution in [-0.4, -0.2) is 46.9 Å². The zero-order chi connectivity index (χ0) is 72.4. The maximum absolute atomic E-state index is 4.54. The summed E-state index contributed by atoms with van der Waals surface area (Å²) in [5.41, 5.74) is 24.3. The van der Waals surface area contributed by atoms with Gasteiger partial charge in [-0.05, 0) is 174 Å². The minimum atomic E-state index is 0. The number of hydrogen-bond acceptors (Lipinski definition) is 5. The molecule has 0 atom stereocenters. The summed E-state index contributed by atoms with van der Waals surface area (Å²) in [7, 11) is 0. The predicted octanol–water partition coefficient (Wildman–Crippen LogP) is 24.1. The molecule has 1 aliphatic carbocycles. The number of benzene rings is 11. The van der Waals surface area contributed by atoms with Crippen molar-refractivity contribution >= 4 is 137 Å². The molecule has 0 aliphatic heterocycles. The molecule has 0 unspecified atom stereocenters. The van der Waals surface area contributed by atoms with Crippen LogP contribution in [0.15, 0.2) is 250 Å². The molecule has 1 fully saturated rings. The Morgan fingerprint density at radius 2 is 0.741 bits per heavy atom. The summed E-state index contributed by atoms with van der Waals surface area (Å²) < 4.78 is 10.8. The van der Waals surface area contributed by atoms with Crippen LogP contribution in [-0.2, 0) is 107 Å². The van der Waals surface area contributed by atoms with Crippen molar-refractivity contribution in [2.75, 3.05) is 0 Å². The largest absolute Gasteiger partial charge is 0.340 e. The van der Waals surface area contributed by atoms with Crippen molar-refractivity contribution in [3.63, 3.8) is 0 Å². The fourth-order valence-electron chi connectivity index (χ4n) is 16.9. The van der Waals surface area contributed by atoms with E-state index in [9.17, 15) is 0 Å². The molecule has 15 heteroatoms. The van der Waals surface area contributed by atoms with Gasteiger partial charge in [0.1, 0.15) is 0 Å². The van der Waals surface area contributed by atoms with E-state index in [0.717, 1.165) is 67.5 Å². The van der Waals surface area contributed by atoms with Gasteiger partial charge >= 0.3 is 0 Å². The van der Waals surface area contributed by atoms with Crippen LogP contribution in [0.25, 0.3) is 148 Å². The van der Waals surface area contributed by atoms with Gasteiger partial charge in [0.05, 0.1) is 28.2 Å². The van der Waals surface area contributed by atoms with Gasteiger partial charge in [0.25, 0.3) is 0 Å². The smallest absolute Gasteiger partial charge is 0.0608 e. The number of imidazole rings is 5. The standard InChI is InChI=1S/C23H17N2.C21H19N2.C19H17N2.2C17H13N2.5Ir/c1-15-6-5-7-16(2)22(15)17-10-11-21-20(14-17)18-8-3-4-9-19(18)23-24-12-13-25(21)23;1-2-6-15(7-3-1)16-10-11-20-19(14-16)17-8-4-5-9-18(17)21-22-12-13-23(20)21;1-2-3-6-14-9-10-18-17(13-14)15-7-4-5-8-16(15)19-20-11-12-21(18)19;1-11-9-15-13-5-3-4-6-14(13)17-18-7-8-19(17)16(15)10-12(11)2;1-11-9-12(2)16-15(10-11)13-5-3-4-6-14(13)17-18-7-8-19(16)17;;;;;/h3-8,10-14H,1-2H3;4-5,8,10-15H,1-3,6-7H2;4-5,7,9-13H,2-3,6H2,1H3;2*3-5,7-10H,1-2H3;;;;;/q5*-1;;;;;. The molecule has 22 rings (SSSR count). The van der Waals surface area contributed by atoms with Crippen LogP contribution in [0, 0.1) is 71.9 Å². The summed E-state index contributed by atoms with van der Waals surface area (Å²) in [6, 6.07) is 83.7. The van der Waals surface area contributed by atoms with Gasteiger partial charge in [-0.25, -0.2) is 0 Å². The van der Waals surface area contributed by atoms with Crippen LogP contribution in [0.1, 0.15) is 102 Å². The van der Waals surface area contributed by atoms with E-state index in [2.05, 4.69) is 271 Å². The van der Waals surface area contributed by atoms with Crippen LogP contribution in [0.3, 0.4) is 0 Å². The minimum Gasteiger partial charge on any atom is -0.340 e. The second-order valence-corrected chi connectivity index (χ2v) is 28.9. The van der Waals surface area contributed by atoms with Gasteiger partial charge in [-0.15, -0.1) is 148 Å².